The van der Waals surface area contributed by atoms with Gasteiger partial charge in [0.25, 0.3) is 18.2 Å². The number of halogens is 2. The molecule has 5 amide bonds. The largest absolute Gasteiger partial charge is 0.491 e. The molecule has 3 aromatic heterocycles. The lowest BCUT2D eigenvalue weighted by molar-refractivity contribution is -0.147. The summed E-state index contributed by atoms with van der Waals surface area (Å²) >= 11 is 0. The fourth-order valence-corrected chi connectivity index (χ4v) is 10.5. The number of oxazole rings is 1. The van der Waals surface area contributed by atoms with Crippen molar-refractivity contribution in [3.05, 3.63) is 137 Å². The standard InChI is InChI=1S/C66H83F2N11O12/c1-42(69-5)60(80)76-58(66(2,3)4)65(84)78-39-48-35-50(20-17-46(48)36-55(78)63(83)73-52-12-8-10-44-9-6-7-11-51(44)52)90-34-33-89-32-31-88-30-29-87-28-27-86-26-25-85-24-23-71-61(81)45-15-18-49(19-16-45)79-40-53(57(77-79)59(67)68)74-62(82)54-41-91-64(75-54)47-21-22-70-56(37-47)72-38-43-13-14-43/h6-7,9,11,15-22,35,37,40-43,52,55,58-59,69H,8,10,12-14,23-34,36,38-39H2,1-5H3,(H,70,72)(H,71,81)(H,73,83)(H,74,82)(H,76,80)/t42-,52+,55-,58+/m0/s1. The Labute approximate surface area is 528 Å². The first kappa shape index (κ1) is 67.2. The minimum absolute atomic E-state index is 0.113. The molecule has 0 saturated heterocycles. The topological polar surface area (TPSA) is 273 Å². The summed E-state index contributed by atoms with van der Waals surface area (Å²) in [5.74, 6) is 0.0836. The van der Waals surface area contributed by atoms with Crippen LogP contribution in [0.5, 0.6) is 5.75 Å². The average molecular weight is 1260 g/mol. The number of pyridine rings is 1. The number of hydrogen-bond donors (Lipinski definition) is 6. The molecule has 0 spiro atoms. The Hall–Kier alpha value is -8.20. The van der Waals surface area contributed by atoms with Crippen molar-refractivity contribution in [2.24, 2.45) is 11.3 Å². The van der Waals surface area contributed by atoms with E-state index in [-0.39, 0.29) is 73.2 Å². The number of anilines is 2. The van der Waals surface area contributed by atoms with Crippen molar-refractivity contribution < 1.29 is 65.6 Å². The second-order valence-electron chi connectivity index (χ2n) is 23.7. The molecule has 6 N–H and O–H groups in total. The van der Waals surface area contributed by atoms with E-state index in [2.05, 4.69) is 59.1 Å². The third kappa shape index (κ3) is 19.2. The van der Waals surface area contributed by atoms with Gasteiger partial charge >= 0.3 is 0 Å². The normalized spacial score (nSPS) is 16.1. The van der Waals surface area contributed by atoms with Gasteiger partial charge < -0.3 is 69.6 Å². The highest BCUT2D eigenvalue weighted by Crippen LogP contribution is 2.35. The number of nitrogens with one attached hydrogen (secondary N) is 6. The van der Waals surface area contributed by atoms with Gasteiger partial charge in [-0.15, -0.1) is 0 Å². The summed E-state index contributed by atoms with van der Waals surface area (Å²) in [5.41, 5.74) is 3.81. The number of fused-ring (bicyclic) bond motifs is 2. The Kier molecular flexibility index (Phi) is 24.1. The molecular weight excluding hydrogens is 1180 g/mol. The molecule has 1 fully saturated rings. The first-order valence-corrected chi connectivity index (χ1v) is 31.1. The summed E-state index contributed by atoms with van der Waals surface area (Å²) in [7, 11) is 1.69. The highest BCUT2D eigenvalue weighted by Gasteiger charge is 2.43. The van der Waals surface area contributed by atoms with E-state index in [1.165, 1.54) is 41.4 Å². The lowest BCUT2D eigenvalue weighted by Crippen LogP contribution is -2.62. The van der Waals surface area contributed by atoms with E-state index in [0.29, 0.717) is 100 Å². The molecule has 4 atom stereocenters. The maximum absolute atomic E-state index is 14.7. The molecule has 91 heavy (non-hydrogen) atoms. The molecule has 2 aliphatic carbocycles. The maximum atomic E-state index is 14.7. The van der Waals surface area contributed by atoms with Crippen LogP contribution in [0.3, 0.4) is 0 Å². The maximum Gasteiger partial charge on any atom is 0.284 e. The van der Waals surface area contributed by atoms with Gasteiger partial charge in [0.2, 0.25) is 23.6 Å². The van der Waals surface area contributed by atoms with Gasteiger partial charge in [0.05, 0.1) is 95.7 Å². The molecule has 25 heteroatoms. The predicted octanol–water partition coefficient (Wildman–Crippen LogP) is 7.41. The van der Waals surface area contributed by atoms with Crippen molar-refractivity contribution in [1.29, 1.82) is 0 Å². The molecule has 3 aromatic carbocycles. The predicted molar refractivity (Wildman–Crippen MR) is 334 cm³/mol. The monoisotopic (exact) mass is 1260 g/mol. The molecule has 4 heterocycles. The SMILES string of the molecule is CN[C@@H](C)C(=O)N[C@H](C(=O)N1Cc2cc(OCCOCCOCCOCCOCCOCCNC(=O)c3ccc(-n4cc(NC(=O)c5coc(-c6ccnc(NCC7CC7)c6)n5)c(C(F)F)n4)cc3)ccc2C[C@H]1C(=O)N[C@@H]1CCCc2ccccc21)C(C)(C)C. The number of carbonyl (C=O) groups excluding carboxylic acids is 5. The quantitative estimate of drug-likeness (QED) is 0.0215. The molecule has 3 aliphatic rings. The second-order valence-corrected chi connectivity index (χ2v) is 23.7. The number of alkyl halides is 2. The van der Waals surface area contributed by atoms with Crippen molar-refractivity contribution in [3.8, 4) is 22.9 Å². The van der Waals surface area contributed by atoms with Crippen molar-refractivity contribution in [2.45, 2.75) is 103 Å². The molecule has 488 valence electrons. The highest BCUT2D eigenvalue weighted by molar-refractivity contribution is 6.03. The van der Waals surface area contributed by atoms with Crippen LogP contribution in [0.1, 0.15) is 115 Å². The number of ether oxygens (including phenoxy) is 6. The molecule has 1 saturated carbocycles. The number of carbonyl (C=O) groups is 5. The van der Waals surface area contributed by atoms with Crippen LogP contribution < -0.4 is 36.6 Å². The third-order valence-electron chi connectivity index (χ3n) is 15.9. The molecule has 0 radical (unpaired) electrons. The Bertz CT molecular complexity index is 3390. The summed E-state index contributed by atoms with van der Waals surface area (Å²) in [4.78, 5) is 78.4. The Balaban J connectivity index is 0.608. The van der Waals surface area contributed by atoms with Gasteiger partial charge in [-0.2, -0.15) is 5.10 Å². The first-order chi connectivity index (χ1) is 44.0. The van der Waals surface area contributed by atoms with Crippen LogP contribution in [-0.2, 0) is 57.5 Å². The summed E-state index contributed by atoms with van der Waals surface area (Å²) in [5, 5.41) is 21.7. The number of benzene rings is 3. The van der Waals surface area contributed by atoms with Gasteiger partial charge in [0.15, 0.2) is 11.4 Å². The summed E-state index contributed by atoms with van der Waals surface area (Å²) in [6.07, 6.45) is 6.40. The number of hydrogen-bond acceptors (Lipinski definition) is 17. The lowest BCUT2D eigenvalue weighted by Gasteiger charge is -2.41. The van der Waals surface area contributed by atoms with Crippen LogP contribution in [0.2, 0.25) is 0 Å². The minimum Gasteiger partial charge on any atom is -0.491 e. The van der Waals surface area contributed by atoms with Gasteiger partial charge in [-0.25, -0.2) is 23.4 Å². The zero-order valence-electron chi connectivity index (χ0n) is 52.2. The van der Waals surface area contributed by atoms with Gasteiger partial charge in [-0.3, -0.25) is 24.0 Å². The summed E-state index contributed by atoms with van der Waals surface area (Å²) in [6.45, 7) is 12.3. The van der Waals surface area contributed by atoms with Crippen LogP contribution in [0, 0.1) is 11.3 Å². The summed E-state index contributed by atoms with van der Waals surface area (Å²) < 4.78 is 69.2. The number of rotatable bonds is 34. The van der Waals surface area contributed by atoms with E-state index in [0.717, 1.165) is 48.8 Å². The molecule has 9 rings (SSSR count). The van der Waals surface area contributed by atoms with Gasteiger partial charge in [0, 0.05) is 43.4 Å². The Morgan fingerprint density at radius 2 is 1.47 bits per heavy atom. The van der Waals surface area contributed by atoms with Crippen molar-refractivity contribution >= 4 is 41.0 Å². The highest BCUT2D eigenvalue weighted by atomic mass is 19.3. The molecule has 23 nitrogen and oxygen atoms in total. The van der Waals surface area contributed by atoms with Gasteiger partial charge in [0.1, 0.15) is 36.5 Å². The van der Waals surface area contributed by atoms with E-state index < -0.39 is 41.6 Å². The Morgan fingerprint density at radius 1 is 0.780 bits per heavy atom. The molecule has 0 bridgehead atoms. The Morgan fingerprint density at radius 3 is 2.15 bits per heavy atom. The summed E-state index contributed by atoms with van der Waals surface area (Å²) in [6, 6.07) is 21.1. The van der Waals surface area contributed by atoms with E-state index in [1.54, 1.807) is 49.3 Å². The number of aromatic nitrogens is 4. The van der Waals surface area contributed by atoms with Crippen LogP contribution in [0.25, 0.3) is 17.1 Å². The average Bonchev–Trinajstić information content (AvgIpc) is 1.54. The van der Waals surface area contributed by atoms with Gasteiger partial charge in [-0.1, -0.05) is 51.1 Å². The first-order valence-electron chi connectivity index (χ1n) is 31.1. The fourth-order valence-electron chi connectivity index (χ4n) is 10.5. The number of likely N-dealkylation sites (N-methyl/N-ethyl adjacent to an activating group) is 1. The van der Waals surface area contributed by atoms with E-state index in [4.69, 9.17) is 32.8 Å². The van der Waals surface area contributed by atoms with Crippen LogP contribution >= 0.6 is 0 Å². The van der Waals surface area contributed by atoms with E-state index in [9.17, 15) is 32.8 Å². The van der Waals surface area contributed by atoms with E-state index >= 15 is 0 Å². The minimum atomic E-state index is -3.00. The number of nitrogens with zero attached hydrogens (tertiary/aromatic N) is 5. The third-order valence-corrected chi connectivity index (χ3v) is 15.9. The molecule has 6 aromatic rings. The molecular formula is C66H83F2N11O12. The molecule has 0 unspecified atom stereocenters. The number of aryl methyl sites for hydroxylation is 1. The zero-order chi connectivity index (χ0) is 64.3. The number of amides is 5. The molecule has 1 aliphatic heterocycles. The van der Waals surface area contributed by atoms with Crippen LogP contribution in [0.4, 0.5) is 20.3 Å². The van der Waals surface area contributed by atoms with Crippen molar-refractivity contribution in [2.75, 3.05) is 103 Å². The smallest absolute Gasteiger partial charge is 0.284 e. The van der Waals surface area contributed by atoms with Crippen molar-refractivity contribution in [1.82, 2.24) is 45.9 Å². The lowest BCUT2D eigenvalue weighted by atomic mass is 9.83. The van der Waals surface area contributed by atoms with Gasteiger partial charge in [-0.05, 0) is 128 Å². The van der Waals surface area contributed by atoms with E-state index in [1.807, 2.05) is 51.1 Å². The zero-order valence-corrected chi connectivity index (χ0v) is 52.2. The fraction of sp³-hybridized carbons (Fsp3) is 0.485. The van der Waals surface area contributed by atoms with Crippen molar-refractivity contribution in [3.63, 3.8) is 0 Å². The second kappa shape index (κ2) is 32.7. The van der Waals surface area contributed by atoms with Crippen LogP contribution in [-0.4, -0.2) is 165 Å². The van der Waals surface area contributed by atoms with Crippen LogP contribution in [0.15, 0.2) is 102 Å².